The Labute approximate surface area is 174 Å². The summed E-state index contributed by atoms with van der Waals surface area (Å²) >= 11 is 11.8. The molecule has 154 valence electrons. The van der Waals surface area contributed by atoms with Gasteiger partial charge in [0.2, 0.25) is 21.8 Å². The summed E-state index contributed by atoms with van der Waals surface area (Å²) in [6, 6.07) is 3.66. The number of benzene rings is 1. The molecule has 1 aromatic carbocycles. The molecule has 2 heterocycles. The zero-order valence-electron chi connectivity index (χ0n) is 15.3. The van der Waals surface area contributed by atoms with Gasteiger partial charge in [-0.15, -0.1) is 0 Å². The standard InChI is InChI=1S/C17H21Cl2N3O5S/c1-27-9-8-22-16(23)11-15(17(22)24)20-4-6-21(7-5-20)28(25,26)12-2-3-13(18)14(19)10-12/h2-3,10,15H,4-9,11H2,1H3. The van der Waals surface area contributed by atoms with Crippen LogP contribution in [-0.2, 0) is 24.3 Å². The highest BCUT2D eigenvalue weighted by Crippen LogP contribution is 2.28. The Hall–Kier alpha value is -1.23. The highest BCUT2D eigenvalue weighted by atomic mass is 35.5. The van der Waals surface area contributed by atoms with Crippen molar-refractivity contribution in [3.8, 4) is 0 Å². The molecule has 2 amide bonds. The summed E-state index contributed by atoms with van der Waals surface area (Å²) in [5, 5.41) is 0.459. The summed E-state index contributed by atoms with van der Waals surface area (Å²) in [7, 11) is -2.20. The molecule has 3 rings (SSSR count). The van der Waals surface area contributed by atoms with Gasteiger partial charge in [0.25, 0.3) is 0 Å². The Balaban J connectivity index is 1.65. The number of nitrogens with zero attached hydrogens (tertiary/aromatic N) is 3. The summed E-state index contributed by atoms with van der Waals surface area (Å²) in [4.78, 5) is 27.8. The van der Waals surface area contributed by atoms with Crippen molar-refractivity contribution in [3.05, 3.63) is 28.2 Å². The number of likely N-dealkylation sites (tertiary alicyclic amines) is 1. The predicted molar refractivity (Wildman–Crippen MR) is 104 cm³/mol. The van der Waals surface area contributed by atoms with Gasteiger partial charge in [0.05, 0.1) is 40.6 Å². The van der Waals surface area contributed by atoms with Gasteiger partial charge in [0.15, 0.2) is 0 Å². The molecule has 0 aromatic heterocycles. The van der Waals surface area contributed by atoms with E-state index in [0.29, 0.717) is 19.7 Å². The molecule has 1 atom stereocenters. The third-order valence-corrected chi connectivity index (χ3v) is 7.62. The number of amides is 2. The number of hydrogen-bond acceptors (Lipinski definition) is 6. The summed E-state index contributed by atoms with van der Waals surface area (Å²) in [5.41, 5.74) is 0. The number of carbonyl (C=O) groups excluding carboxylic acids is 2. The van der Waals surface area contributed by atoms with Crippen molar-refractivity contribution in [2.24, 2.45) is 0 Å². The molecule has 8 nitrogen and oxygen atoms in total. The minimum atomic E-state index is -3.71. The van der Waals surface area contributed by atoms with Gasteiger partial charge in [-0.3, -0.25) is 19.4 Å². The van der Waals surface area contributed by atoms with E-state index in [2.05, 4.69) is 0 Å². The Morgan fingerprint density at radius 3 is 2.39 bits per heavy atom. The van der Waals surface area contributed by atoms with Crippen LogP contribution in [0.5, 0.6) is 0 Å². The molecular formula is C17H21Cl2N3O5S. The van der Waals surface area contributed by atoms with Crippen molar-refractivity contribution < 1.29 is 22.7 Å². The summed E-state index contributed by atoms with van der Waals surface area (Å²) < 4.78 is 31.9. The molecule has 1 aromatic rings. The molecule has 11 heteroatoms. The topological polar surface area (TPSA) is 87.2 Å². The van der Waals surface area contributed by atoms with Crippen LogP contribution >= 0.6 is 23.2 Å². The molecule has 2 aliphatic rings. The third kappa shape index (κ3) is 4.19. The molecule has 2 aliphatic heterocycles. The van der Waals surface area contributed by atoms with Crippen molar-refractivity contribution >= 4 is 45.0 Å². The zero-order valence-corrected chi connectivity index (χ0v) is 17.6. The van der Waals surface area contributed by atoms with Gasteiger partial charge in [-0.05, 0) is 18.2 Å². The molecule has 2 saturated heterocycles. The van der Waals surface area contributed by atoms with Crippen molar-refractivity contribution in [1.82, 2.24) is 14.1 Å². The van der Waals surface area contributed by atoms with Gasteiger partial charge in [0.1, 0.15) is 0 Å². The van der Waals surface area contributed by atoms with Gasteiger partial charge in [0, 0.05) is 33.3 Å². The summed E-state index contributed by atoms with van der Waals surface area (Å²) in [5.74, 6) is -0.472. The quantitative estimate of drug-likeness (QED) is 0.603. The van der Waals surface area contributed by atoms with Crippen LogP contribution in [0.1, 0.15) is 6.42 Å². The second-order valence-corrected chi connectivity index (χ2v) is 9.36. The van der Waals surface area contributed by atoms with E-state index >= 15 is 0 Å². The third-order valence-electron chi connectivity index (χ3n) is 4.98. The van der Waals surface area contributed by atoms with Gasteiger partial charge in [-0.2, -0.15) is 4.31 Å². The molecule has 0 aliphatic carbocycles. The molecule has 0 spiro atoms. The number of hydrogen-bond donors (Lipinski definition) is 0. The fourth-order valence-corrected chi connectivity index (χ4v) is 5.22. The number of piperazine rings is 1. The number of rotatable bonds is 6. The van der Waals surface area contributed by atoms with E-state index in [1.54, 1.807) is 0 Å². The number of imide groups is 1. The predicted octanol–water partition coefficient (Wildman–Crippen LogP) is 1.07. The van der Waals surface area contributed by atoms with Crippen molar-refractivity contribution in [2.75, 3.05) is 46.4 Å². The molecular weight excluding hydrogens is 429 g/mol. The van der Waals surface area contributed by atoms with Crippen LogP contribution in [-0.4, -0.2) is 86.8 Å². The van der Waals surface area contributed by atoms with Crippen LogP contribution in [0, 0.1) is 0 Å². The first-order chi connectivity index (χ1) is 13.3. The Morgan fingerprint density at radius 1 is 1.11 bits per heavy atom. The molecule has 0 bridgehead atoms. The van der Waals surface area contributed by atoms with Crippen LogP contribution in [0.25, 0.3) is 0 Å². The minimum Gasteiger partial charge on any atom is -0.383 e. The molecule has 0 radical (unpaired) electrons. The molecule has 0 saturated carbocycles. The van der Waals surface area contributed by atoms with Crippen LogP contribution in [0.4, 0.5) is 0 Å². The summed E-state index contributed by atoms with van der Waals surface area (Å²) in [6.07, 6.45) is 0.113. The zero-order chi connectivity index (χ0) is 20.5. The average molecular weight is 450 g/mol. The average Bonchev–Trinajstić information content (AvgIpc) is 2.96. The lowest BCUT2D eigenvalue weighted by molar-refractivity contribution is -0.140. The van der Waals surface area contributed by atoms with Crippen LogP contribution < -0.4 is 0 Å². The maximum absolute atomic E-state index is 12.8. The van der Waals surface area contributed by atoms with E-state index in [-0.39, 0.29) is 52.8 Å². The van der Waals surface area contributed by atoms with Gasteiger partial charge < -0.3 is 4.74 Å². The maximum atomic E-state index is 12.8. The normalized spacial score (nSPS) is 22.2. The number of carbonyl (C=O) groups is 2. The largest absolute Gasteiger partial charge is 0.383 e. The smallest absolute Gasteiger partial charge is 0.247 e. The van der Waals surface area contributed by atoms with Crippen LogP contribution in [0.3, 0.4) is 0 Å². The molecule has 0 N–H and O–H groups in total. The van der Waals surface area contributed by atoms with Crippen molar-refractivity contribution in [2.45, 2.75) is 17.4 Å². The van der Waals surface area contributed by atoms with Crippen LogP contribution in [0.2, 0.25) is 10.0 Å². The second kappa shape index (κ2) is 8.64. The van der Waals surface area contributed by atoms with Crippen LogP contribution in [0.15, 0.2) is 23.1 Å². The monoisotopic (exact) mass is 449 g/mol. The maximum Gasteiger partial charge on any atom is 0.247 e. The van der Waals surface area contributed by atoms with Crippen molar-refractivity contribution in [1.29, 1.82) is 0 Å². The Bertz CT molecular complexity index is 872. The first kappa shape index (κ1) is 21.5. The van der Waals surface area contributed by atoms with E-state index < -0.39 is 16.1 Å². The van der Waals surface area contributed by atoms with E-state index in [1.165, 1.54) is 34.5 Å². The highest BCUT2D eigenvalue weighted by Gasteiger charge is 2.43. The SMILES string of the molecule is COCCN1C(=O)CC(N2CCN(S(=O)(=O)c3ccc(Cl)c(Cl)c3)CC2)C1=O. The van der Waals surface area contributed by atoms with Gasteiger partial charge in [-0.25, -0.2) is 8.42 Å². The van der Waals surface area contributed by atoms with Gasteiger partial charge >= 0.3 is 0 Å². The van der Waals surface area contributed by atoms with E-state index in [0.717, 1.165) is 0 Å². The molecule has 2 fully saturated rings. The van der Waals surface area contributed by atoms with E-state index in [9.17, 15) is 18.0 Å². The number of ether oxygens (including phenoxy) is 1. The Kier molecular flexibility index (Phi) is 6.63. The number of sulfonamides is 1. The van der Waals surface area contributed by atoms with E-state index in [1.807, 2.05) is 4.90 Å². The summed E-state index contributed by atoms with van der Waals surface area (Å²) in [6.45, 7) is 1.69. The number of methoxy groups -OCH3 is 1. The highest BCUT2D eigenvalue weighted by molar-refractivity contribution is 7.89. The van der Waals surface area contributed by atoms with Gasteiger partial charge in [-0.1, -0.05) is 23.2 Å². The molecule has 28 heavy (non-hydrogen) atoms. The first-order valence-electron chi connectivity index (χ1n) is 8.78. The number of halogens is 2. The Morgan fingerprint density at radius 2 is 1.79 bits per heavy atom. The fourth-order valence-electron chi connectivity index (χ4n) is 3.41. The van der Waals surface area contributed by atoms with Crippen molar-refractivity contribution in [3.63, 3.8) is 0 Å². The van der Waals surface area contributed by atoms with E-state index in [4.69, 9.17) is 27.9 Å². The lowest BCUT2D eigenvalue weighted by Crippen LogP contribution is -2.53. The lowest BCUT2D eigenvalue weighted by atomic mass is 10.2. The lowest BCUT2D eigenvalue weighted by Gasteiger charge is -2.36. The first-order valence-corrected chi connectivity index (χ1v) is 11.0. The fraction of sp³-hybridized carbons (Fsp3) is 0.529. The molecule has 1 unspecified atom stereocenters. The second-order valence-electron chi connectivity index (χ2n) is 6.61. The minimum absolute atomic E-state index is 0.0770.